The lowest BCUT2D eigenvalue weighted by molar-refractivity contribution is -0.117. The summed E-state index contributed by atoms with van der Waals surface area (Å²) in [7, 11) is 0. The first-order valence-corrected chi connectivity index (χ1v) is 9.18. The molecular weight excluding hydrogens is 328 g/mol. The summed E-state index contributed by atoms with van der Waals surface area (Å²) in [5.41, 5.74) is 1.61. The van der Waals surface area contributed by atoms with Crippen molar-refractivity contribution in [1.82, 2.24) is 15.3 Å². The molecule has 1 aliphatic rings. The van der Waals surface area contributed by atoms with E-state index in [2.05, 4.69) is 27.5 Å². The van der Waals surface area contributed by atoms with E-state index in [-0.39, 0.29) is 5.91 Å². The van der Waals surface area contributed by atoms with Gasteiger partial charge in [-0.05, 0) is 75.0 Å². The zero-order valence-electron chi connectivity index (χ0n) is 15.4. The average Bonchev–Trinajstić information content (AvgIpc) is 2.64. The van der Waals surface area contributed by atoms with Crippen molar-refractivity contribution in [3.05, 3.63) is 42.2 Å². The average molecular weight is 354 g/mol. The third-order valence-electron chi connectivity index (χ3n) is 4.77. The number of carbonyl (C=O) groups excluding carboxylic acids is 1. The van der Waals surface area contributed by atoms with Gasteiger partial charge in [0.2, 0.25) is 5.91 Å². The fraction of sp³-hybridized carbons (Fsp3) is 0.450. The molecule has 2 heterocycles. The zero-order chi connectivity index (χ0) is 18.4. The number of rotatable bonds is 6. The molecule has 2 aromatic rings. The van der Waals surface area contributed by atoms with E-state index in [9.17, 15) is 4.79 Å². The molecule has 1 fully saturated rings. The van der Waals surface area contributed by atoms with Gasteiger partial charge in [-0.25, -0.2) is 9.97 Å². The number of hydrogen-bond donors (Lipinski definition) is 2. The number of carbonyl (C=O) groups is 1. The maximum atomic E-state index is 12.3. The maximum Gasteiger partial charge on any atom is 0.322 e. The molecule has 1 aliphatic heterocycles. The topological polar surface area (TPSA) is 76.1 Å². The van der Waals surface area contributed by atoms with E-state index >= 15 is 0 Å². The smallest absolute Gasteiger partial charge is 0.322 e. The molecule has 0 spiro atoms. The maximum absolute atomic E-state index is 12.3. The first kappa shape index (κ1) is 18.3. The Morgan fingerprint density at radius 1 is 1.35 bits per heavy atom. The number of ether oxygens (including phenoxy) is 1. The molecule has 2 atom stereocenters. The zero-order valence-corrected chi connectivity index (χ0v) is 15.4. The SMILES string of the molecule is Cc1ccnc(Oc2ccc(NC(=O)CC(C)C3CCCNC3)cc2)n1. The molecule has 26 heavy (non-hydrogen) atoms. The van der Waals surface area contributed by atoms with Gasteiger partial charge in [-0.1, -0.05) is 6.92 Å². The molecule has 3 rings (SSSR count). The Bertz CT molecular complexity index is 727. The molecule has 0 aliphatic carbocycles. The highest BCUT2D eigenvalue weighted by molar-refractivity contribution is 5.90. The Morgan fingerprint density at radius 3 is 2.85 bits per heavy atom. The summed E-state index contributed by atoms with van der Waals surface area (Å²) in [6, 6.07) is 9.39. The van der Waals surface area contributed by atoms with Crippen LogP contribution in [-0.4, -0.2) is 29.0 Å². The molecule has 2 N–H and O–H groups in total. The van der Waals surface area contributed by atoms with Gasteiger partial charge in [-0.15, -0.1) is 0 Å². The van der Waals surface area contributed by atoms with E-state index < -0.39 is 0 Å². The van der Waals surface area contributed by atoms with Crippen molar-refractivity contribution in [2.45, 2.75) is 33.1 Å². The molecular formula is C20H26N4O2. The molecule has 138 valence electrons. The van der Waals surface area contributed by atoms with Gasteiger partial charge in [-0.2, -0.15) is 0 Å². The predicted molar refractivity (Wildman–Crippen MR) is 101 cm³/mol. The number of nitrogens with one attached hydrogen (secondary N) is 2. The summed E-state index contributed by atoms with van der Waals surface area (Å²) in [4.78, 5) is 20.6. The van der Waals surface area contributed by atoms with Crippen LogP contribution in [0.5, 0.6) is 11.8 Å². The van der Waals surface area contributed by atoms with Crippen molar-refractivity contribution in [3.63, 3.8) is 0 Å². The van der Waals surface area contributed by atoms with Crippen molar-refractivity contribution in [3.8, 4) is 11.8 Å². The molecule has 1 amide bonds. The number of nitrogens with zero attached hydrogens (tertiary/aromatic N) is 2. The Kier molecular flexibility index (Phi) is 6.17. The first-order valence-electron chi connectivity index (χ1n) is 9.18. The Balaban J connectivity index is 1.51. The monoisotopic (exact) mass is 354 g/mol. The third kappa shape index (κ3) is 5.26. The van der Waals surface area contributed by atoms with Gasteiger partial charge in [0, 0.05) is 24.0 Å². The second-order valence-electron chi connectivity index (χ2n) is 6.94. The Labute approximate surface area is 154 Å². The summed E-state index contributed by atoms with van der Waals surface area (Å²) >= 11 is 0. The van der Waals surface area contributed by atoms with Crippen LogP contribution in [0.25, 0.3) is 0 Å². The molecule has 0 bridgehead atoms. The van der Waals surface area contributed by atoms with Gasteiger partial charge >= 0.3 is 6.01 Å². The van der Waals surface area contributed by atoms with Crippen molar-refractivity contribution in [2.24, 2.45) is 11.8 Å². The van der Waals surface area contributed by atoms with Gasteiger partial charge in [0.15, 0.2) is 0 Å². The third-order valence-corrected chi connectivity index (χ3v) is 4.77. The molecule has 1 aromatic carbocycles. The standard InChI is InChI=1S/C20H26N4O2/c1-14(16-4-3-10-21-13-16)12-19(25)24-17-5-7-18(8-6-17)26-20-22-11-9-15(2)23-20/h5-9,11,14,16,21H,3-4,10,12-13H2,1-2H3,(H,24,25). The number of piperidine rings is 1. The van der Waals surface area contributed by atoms with Crippen molar-refractivity contribution in [2.75, 3.05) is 18.4 Å². The molecule has 1 aromatic heterocycles. The first-order chi connectivity index (χ1) is 12.6. The fourth-order valence-corrected chi connectivity index (χ4v) is 3.22. The molecule has 6 heteroatoms. The molecule has 1 saturated heterocycles. The quantitative estimate of drug-likeness (QED) is 0.830. The normalized spacial score (nSPS) is 18.2. The number of hydrogen-bond acceptors (Lipinski definition) is 5. The van der Waals surface area contributed by atoms with E-state index in [0.717, 1.165) is 24.5 Å². The largest absolute Gasteiger partial charge is 0.424 e. The van der Waals surface area contributed by atoms with Crippen LogP contribution >= 0.6 is 0 Å². The predicted octanol–water partition coefficient (Wildman–Crippen LogP) is 3.54. The van der Waals surface area contributed by atoms with E-state index in [1.54, 1.807) is 18.3 Å². The Morgan fingerprint density at radius 2 is 2.15 bits per heavy atom. The van der Waals surface area contributed by atoms with E-state index in [1.807, 2.05) is 25.1 Å². The van der Waals surface area contributed by atoms with Crippen molar-refractivity contribution in [1.29, 1.82) is 0 Å². The van der Waals surface area contributed by atoms with Gasteiger partial charge < -0.3 is 15.4 Å². The van der Waals surface area contributed by atoms with Crippen LogP contribution in [0.4, 0.5) is 5.69 Å². The van der Waals surface area contributed by atoms with E-state index in [0.29, 0.717) is 30.0 Å². The summed E-state index contributed by atoms with van der Waals surface area (Å²) in [6.45, 7) is 6.16. The number of amides is 1. The number of aryl methyl sites for hydroxylation is 1. The molecule has 2 unspecified atom stereocenters. The summed E-state index contributed by atoms with van der Waals surface area (Å²) in [5, 5.41) is 6.38. The van der Waals surface area contributed by atoms with Crippen molar-refractivity contribution >= 4 is 11.6 Å². The van der Waals surface area contributed by atoms with Crippen LogP contribution in [0, 0.1) is 18.8 Å². The highest BCUT2D eigenvalue weighted by Gasteiger charge is 2.22. The molecule has 0 saturated carbocycles. The number of aromatic nitrogens is 2. The highest BCUT2D eigenvalue weighted by atomic mass is 16.5. The van der Waals surface area contributed by atoms with Crippen LogP contribution in [0.2, 0.25) is 0 Å². The van der Waals surface area contributed by atoms with Crippen LogP contribution in [0.3, 0.4) is 0 Å². The number of anilines is 1. The minimum absolute atomic E-state index is 0.0544. The highest BCUT2D eigenvalue weighted by Crippen LogP contribution is 2.24. The summed E-state index contributed by atoms with van der Waals surface area (Å²) in [6.07, 6.45) is 4.61. The van der Waals surface area contributed by atoms with Crippen molar-refractivity contribution < 1.29 is 9.53 Å². The lowest BCUT2D eigenvalue weighted by Gasteiger charge is -2.28. The summed E-state index contributed by atoms with van der Waals surface area (Å²) in [5.74, 6) is 1.65. The van der Waals surface area contributed by atoms with Crippen LogP contribution in [-0.2, 0) is 4.79 Å². The second kappa shape index (κ2) is 8.76. The second-order valence-corrected chi connectivity index (χ2v) is 6.94. The van der Waals surface area contributed by atoms with Gasteiger partial charge in [0.1, 0.15) is 5.75 Å². The minimum atomic E-state index is 0.0544. The fourth-order valence-electron chi connectivity index (χ4n) is 3.22. The van der Waals surface area contributed by atoms with E-state index in [1.165, 1.54) is 12.8 Å². The minimum Gasteiger partial charge on any atom is -0.424 e. The lowest BCUT2D eigenvalue weighted by atomic mass is 9.85. The van der Waals surface area contributed by atoms with Crippen LogP contribution in [0.15, 0.2) is 36.5 Å². The number of benzene rings is 1. The molecule has 0 radical (unpaired) electrons. The van der Waals surface area contributed by atoms with E-state index in [4.69, 9.17) is 4.74 Å². The van der Waals surface area contributed by atoms with Gasteiger partial charge in [0.05, 0.1) is 0 Å². The van der Waals surface area contributed by atoms with Gasteiger partial charge in [0.25, 0.3) is 0 Å². The van der Waals surface area contributed by atoms with Crippen LogP contribution in [0.1, 0.15) is 31.9 Å². The summed E-state index contributed by atoms with van der Waals surface area (Å²) < 4.78 is 5.62. The lowest BCUT2D eigenvalue weighted by Crippen LogP contribution is -2.34. The van der Waals surface area contributed by atoms with Gasteiger partial charge in [-0.3, -0.25) is 4.79 Å². The molecule has 6 nitrogen and oxygen atoms in total. The van der Waals surface area contributed by atoms with Crippen LogP contribution < -0.4 is 15.4 Å². The Hall–Kier alpha value is -2.47.